The largest absolute Gasteiger partial charge is 0.481 e. The maximum Gasteiger partial charge on any atom is 0.229 e. The molecule has 2 heterocycles. The smallest absolute Gasteiger partial charge is 0.229 e. The molecule has 6 nitrogen and oxygen atoms in total. The summed E-state index contributed by atoms with van der Waals surface area (Å²) in [6, 6.07) is 10.8. The van der Waals surface area contributed by atoms with Gasteiger partial charge in [0.1, 0.15) is 5.01 Å². The number of aromatic nitrogens is 2. The first-order valence-corrected chi connectivity index (χ1v) is 9.76. The van der Waals surface area contributed by atoms with Crippen LogP contribution in [0.2, 0.25) is 0 Å². The number of anilines is 1. The van der Waals surface area contributed by atoms with Gasteiger partial charge in [-0.2, -0.15) is 0 Å². The molecule has 3 aromatic rings. The lowest BCUT2D eigenvalue weighted by Gasteiger charge is -2.05. The minimum atomic E-state index is -3.31. The van der Waals surface area contributed by atoms with Gasteiger partial charge < -0.3 is 4.74 Å². The number of nitrogens with one attached hydrogen (secondary N) is 1. The van der Waals surface area contributed by atoms with Crippen LogP contribution in [0.1, 0.15) is 0 Å². The third kappa shape index (κ3) is 3.90. The van der Waals surface area contributed by atoms with Crippen LogP contribution < -0.4 is 9.46 Å². The van der Waals surface area contributed by atoms with Crippen molar-refractivity contribution in [2.45, 2.75) is 0 Å². The van der Waals surface area contributed by atoms with E-state index in [4.69, 9.17) is 4.74 Å². The summed E-state index contributed by atoms with van der Waals surface area (Å²) in [5.74, 6) is 0.531. The zero-order valence-corrected chi connectivity index (χ0v) is 14.7. The monoisotopic (exact) mass is 361 g/mol. The minimum absolute atomic E-state index is 0.509. The first-order chi connectivity index (χ1) is 11.4. The lowest BCUT2D eigenvalue weighted by atomic mass is 10.1. The van der Waals surface area contributed by atoms with Crippen LogP contribution in [-0.2, 0) is 10.0 Å². The molecule has 0 saturated heterocycles. The van der Waals surface area contributed by atoms with Crippen LogP contribution in [0.4, 0.5) is 5.69 Å². The molecule has 0 aliphatic carbocycles. The van der Waals surface area contributed by atoms with Crippen LogP contribution in [0, 0.1) is 0 Å². The Balaban J connectivity index is 1.92. The number of thiazole rings is 1. The fourth-order valence-corrected chi connectivity index (χ4v) is 3.53. The van der Waals surface area contributed by atoms with E-state index in [-0.39, 0.29) is 0 Å². The fraction of sp³-hybridized carbons (Fsp3) is 0.125. The molecule has 0 spiro atoms. The molecule has 0 fully saturated rings. The molecule has 8 heteroatoms. The predicted octanol–water partition coefficient (Wildman–Crippen LogP) is 3.25. The molecule has 2 aromatic heterocycles. The Morgan fingerprint density at radius 3 is 2.75 bits per heavy atom. The Hall–Kier alpha value is -2.45. The number of methoxy groups -OCH3 is 1. The number of pyridine rings is 1. The average molecular weight is 361 g/mol. The standard InChI is InChI=1S/C16H15N3O3S2/c1-22-15-9-12(6-7-17-15)16-18-14(10-23-16)11-4-3-5-13(8-11)19-24(2,20)21/h3-10,19H,1-2H3. The SMILES string of the molecule is COc1cc(-c2nc(-c3cccc(NS(C)(=O)=O)c3)cs2)ccn1. The van der Waals surface area contributed by atoms with Crippen molar-refractivity contribution in [3.8, 4) is 27.7 Å². The van der Waals surface area contributed by atoms with Gasteiger partial charge in [-0.3, -0.25) is 4.72 Å². The molecule has 1 N–H and O–H groups in total. The van der Waals surface area contributed by atoms with Crippen molar-refractivity contribution < 1.29 is 13.2 Å². The predicted molar refractivity (Wildman–Crippen MR) is 95.8 cm³/mol. The van der Waals surface area contributed by atoms with Gasteiger partial charge in [0.25, 0.3) is 0 Å². The van der Waals surface area contributed by atoms with E-state index in [0.717, 1.165) is 28.1 Å². The summed E-state index contributed by atoms with van der Waals surface area (Å²) in [5.41, 5.74) is 3.05. The zero-order chi connectivity index (χ0) is 17.2. The van der Waals surface area contributed by atoms with Crippen LogP contribution in [0.5, 0.6) is 5.88 Å². The highest BCUT2D eigenvalue weighted by atomic mass is 32.2. The summed E-state index contributed by atoms with van der Waals surface area (Å²) >= 11 is 1.50. The number of ether oxygens (including phenoxy) is 1. The van der Waals surface area contributed by atoms with Crippen LogP contribution in [-0.4, -0.2) is 31.8 Å². The molecule has 0 atom stereocenters. The number of sulfonamides is 1. The molecule has 124 valence electrons. The van der Waals surface area contributed by atoms with Gasteiger partial charge in [0.2, 0.25) is 15.9 Å². The molecule has 0 bridgehead atoms. The molecule has 0 saturated carbocycles. The molecular formula is C16H15N3O3S2. The van der Waals surface area contributed by atoms with E-state index >= 15 is 0 Å². The van der Waals surface area contributed by atoms with E-state index in [9.17, 15) is 8.42 Å². The Kier molecular flexibility index (Phi) is 4.50. The van der Waals surface area contributed by atoms with Crippen molar-refractivity contribution in [3.63, 3.8) is 0 Å². The number of hydrogen-bond acceptors (Lipinski definition) is 6. The number of rotatable bonds is 5. The van der Waals surface area contributed by atoms with Gasteiger partial charge >= 0.3 is 0 Å². The summed E-state index contributed by atoms with van der Waals surface area (Å²) in [6.45, 7) is 0. The fourth-order valence-electron chi connectivity index (χ4n) is 2.15. The van der Waals surface area contributed by atoms with E-state index in [2.05, 4.69) is 14.7 Å². The van der Waals surface area contributed by atoms with E-state index in [1.165, 1.54) is 11.3 Å². The highest BCUT2D eigenvalue weighted by Crippen LogP contribution is 2.30. The highest BCUT2D eigenvalue weighted by Gasteiger charge is 2.09. The van der Waals surface area contributed by atoms with Gasteiger partial charge in [-0.15, -0.1) is 11.3 Å². The van der Waals surface area contributed by atoms with Crippen LogP contribution in [0.25, 0.3) is 21.8 Å². The summed E-state index contributed by atoms with van der Waals surface area (Å²) < 4.78 is 30.3. The quantitative estimate of drug-likeness (QED) is 0.754. The maximum absolute atomic E-state index is 11.4. The molecule has 24 heavy (non-hydrogen) atoms. The van der Waals surface area contributed by atoms with Crippen LogP contribution in [0.15, 0.2) is 48.0 Å². The normalized spacial score (nSPS) is 11.2. The Labute approximate surface area is 144 Å². The lowest BCUT2D eigenvalue weighted by molar-refractivity contribution is 0.398. The van der Waals surface area contributed by atoms with Crippen molar-refractivity contribution in [2.75, 3.05) is 18.1 Å². The number of benzene rings is 1. The van der Waals surface area contributed by atoms with Crippen molar-refractivity contribution >= 4 is 27.0 Å². The molecule has 0 aliphatic heterocycles. The Morgan fingerprint density at radius 1 is 1.17 bits per heavy atom. The molecule has 3 rings (SSSR count). The molecule has 0 amide bonds. The van der Waals surface area contributed by atoms with Crippen molar-refractivity contribution in [1.82, 2.24) is 9.97 Å². The van der Waals surface area contributed by atoms with Gasteiger partial charge in [-0.05, 0) is 18.2 Å². The zero-order valence-electron chi connectivity index (χ0n) is 13.1. The van der Waals surface area contributed by atoms with Gasteiger partial charge in [-0.1, -0.05) is 12.1 Å². The van der Waals surface area contributed by atoms with E-state index in [0.29, 0.717) is 11.6 Å². The minimum Gasteiger partial charge on any atom is -0.481 e. The van der Waals surface area contributed by atoms with E-state index < -0.39 is 10.0 Å². The lowest BCUT2D eigenvalue weighted by Crippen LogP contribution is -2.09. The third-order valence-electron chi connectivity index (χ3n) is 3.16. The number of nitrogens with zero attached hydrogens (tertiary/aromatic N) is 2. The highest BCUT2D eigenvalue weighted by molar-refractivity contribution is 7.92. The van der Waals surface area contributed by atoms with Crippen LogP contribution >= 0.6 is 11.3 Å². The van der Waals surface area contributed by atoms with E-state index in [1.54, 1.807) is 31.5 Å². The van der Waals surface area contributed by atoms with Crippen molar-refractivity contribution in [1.29, 1.82) is 0 Å². The second kappa shape index (κ2) is 6.58. The topological polar surface area (TPSA) is 81.2 Å². The van der Waals surface area contributed by atoms with Gasteiger partial charge in [0.05, 0.1) is 19.1 Å². The van der Waals surface area contributed by atoms with Gasteiger partial charge in [0, 0.05) is 34.5 Å². The molecule has 0 unspecified atom stereocenters. The summed E-state index contributed by atoms with van der Waals surface area (Å²) in [5, 5.41) is 2.77. The molecular weight excluding hydrogens is 346 g/mol. The first kappa shape index (κ1) is 16.4. The van der Waals surface area contributed by atoms with E-state index in [1.807, 2.05) is 23.6 Å². The first-order valence-electron chi connectivity index (χ1n) is 6.99. The summed E-state index contributed by atoms with van der Waals surface area (Å²) in [4.78, 5) is 8.71. The maximum atomic E-state index is 11.4. The van der Waals surface area contributed by atoms with Gasteiger partial charge in [0.15, 0.2) is 0 Å². The molecule has 1 aromatic carbocycles. The molecule has 0 aliphatic rings. The summed E-state index contributed by atoms with van der Waals surface area (Å²) in [6.07, 6.45) is 2.79. The number of hydrogen-bond donors (Lipinski definition) is 1. The Bertz CT molecular complexity index is 968. The Morgan fingerprint density at radius 2 is 2.00 bits per heavy atom. The van der Waals surface area contributed by atoms with Crippen LogP contribution in [0.3, 0.4) is 0 Å². The second-order valence-corrected chi connectivity index (χ2v) is 7.69. The van der Waals surface area contributed by atoms with Gasteiger partial charge in [-0.25, -0.2) is 18.4 Å². The van der Waals surface area contributed by atoms with Crippen molar-refractivity contribution in [2.24, 2.45) is 0 Å². The summed E-state index contributed by atoms with van der Waals surface area (Å²) in [7, 11) is -1.74. The third-order valence-corrected chi connectivity index (χ3v) is 4.65. The van der Waals surface area contributed by atoms with Crippen molar-refractivity contribution in [3.05, 3.63) is 48.0 Å². The second-order valence-electron chi connectivity index (χ2n) is 5.08. The average Bonchev–Trinajstić information content (AvgIpc) is 3.04. The molecule has 0 radical (unpaired) electrons.